The third-order valence-electron chi connectivity index (χ3n) is 5.52. The number of thiophene rings is 1. The molecular formula is C23H23ClN2O2S2. The van der Waals surface area contributed by atoms with Crippen LogP contribution >= 0.6 is 35.2 Å². The van der Waals surface area contributed by atoms with Gasteiger partial charge in [-0.3, -0.25) is 0 Å². The Labute approximate surface area is 190 Å². The molecule has 2 heterocycles. The number of fused-ring (bicyclic) bond motifs is 1. The van der Waals surface area contributed by atoms with E-state index in [0.29, 0.717) is 15.8 Å². The van der Waals surface area contributed by atoms with Crippen LogP contribution in [0.2, 0.25) is 5.02 Å². The molecule has 0 unspecified atom stereocenters. The van der Waals surface area contributed by atoms with Crippen LogP contribution in [0.3, 0.4) is 0 Å². The largest absolute Gasteiger partial charge is 0.465 e. The number of hydrogen-bond donors (Lipinski definition) is 1. The first-order chi connectivity index (χ1) is 14.5. The summed E-state index contributed by atoms with van der Waals surface area (Å²) in [5.41, 5.74) is 2.30. The van der Waals surface area contributed by atoms with Crippen molar-refractivity contribution in [3.8, 4) is 0 Å². The molecule has 0 atom stereocenters. The zero-order valence-electron chi connectivity index (χ0n) is 16.7. The lowest BCUT2D eigenvalue weighted by Gasteiger charge is -2.34. The fourth-order valence-electron chi connectivity index (χ4n) is 3.86. The summed E-state index contributed by atoms with van der Waals surface area (Å²) in [5, 5.41) is 5.37. The minimum atomic E-state index is -0.412. The molecule has 0 spiro atoms. The minimum Gasteiger partial charge on any atom is -0.465 e. The van der Waals surface area contributed by atoms with E-state index in [1.165, 1.54) is 24.0 Å². The number of hydrogen-bond acceptors (Lipinski definition) is 4. The molecule has 0 bridgehead atoms. The number of likely N-dealkylation sites (tertiary alicyclic amines) is 1. The number of methoxy groups -OCH3 is 1. The molecule has 1 aromatic heterocycles. The predicted molar refractivity (Wildman–Crippen MR) is 129 cm³/mol. The van der Waals surface area contributed by atoms with Crippen LogP contribution in [-0.4, -0.2) is 36.2 Å². The fourth-order valence-corrected chi connectivity index (χ4v) is 5.62. The second kappa shape index (κ2) is 9.33. The number of carbonyl (C=O) groups excluding carboxylic acids is 1. The maximum atomic E-state index is 11.9. The normalized spacial score (nSPS) is 14.7. The number of nitrogens with one attached hydrogen (secondary N) is 1. The molecule has 1 saturated heterocycles. The number of ether oxygens (including phenoxy) is 1. The van der Waals surface area contributed by atoms with Crippen LogP contribution in [0.25, 0.3) is 10.1 Å². The molecule has 4 rings (SSSR count). The van der Waals surface area contributed by atoms with Gasteiger partial charge in [0.2, 0.25) is 0 Å². The van der Waals surface area contributed by atoms with Gasteiger partial charge in [0.05, 0.1) is 12.1 Å². The molecule has 30 heavy (non-hydrogen) atoms. The Bertz CT molecular complexity index is 1060. The molecule has 2 aromatic carbocycles. The van der Waals surface area contributed by atoms with E-state index >= 15 is 0 Å². The van der Waals surface area contributed by atoms with Crippen LogP contribution in [0, 0.1) is 5.92 Å². The van der Waals surface area contributed by atoms with Crippen molar-refractivity contribution in [3.05, 3.63) is 64.0 Å². The van der Waals surface area contributed by atoms with Crippen molar-refractivity contribution in [2.45, 2.75) is 19.3 Å². The smallest absolute Gasteiger partial charge is 0.349 e. The highest BCUT2D eigenvalue weighted by Gasteiger charge is 2.22. The highest BCUT2D eigenvalue weighted by atomic mass is 35.5. The topological polar surface area (TPSA) is 41.6 Å². The van der Waals surface area contributed by atoms with E-state index in [0.717, 1.165) is 53.2 Å². The summed E-state index contributed by atoms with van der Waals surface area (Å²) in [7, 11) is 1.36. The molecule has 1 fully saturated rings. The predicted octanol–water partition coefficient (Wildman–Crippen LogP) is 5.99. The number of anilines is 1. The van der Waals surface area contributed by atoms with Gasteiger partial charge in [-0.25, -0.2) is 4.79 Å². The number of halogens is 1. The molecular weight excluding hydrogens is 436 g/mol. The SMILES string of the molecule is COC(=O)c1sc2cc(NC(=S)N3CCC(Cc4ccccc4)CC3)ccc2c1Cl. The average molecular weight is 459 g/mol. The standard InChI is InChI=1S/C23H23ClN2O2S2/c1-28-22(27)21-20(24)18-8-7-17(14-19(18)30-21)25-23(29)26-11-9-16(10-12-26)13-15-5-3-2-4-6-15/h2-8,14,16H,9-13H2,1H3,(H,25,29). The highest BCUT2D eigenvalue weighted by Crippen LogP contribution is 2.37. The minimum absolute atomic E-state index is 0.412. The molecule has 1 aliphatic rings. The van der Waals surface area contributed by atoms with Crippen molar-refractivity contribution in [2.24, 2.45) is 5.92 Å². The molecule has 3 aromatic rings. The van der Waals surface area contributed by atoms with Crippen LogP contribution in [-0.2, 0) is 11.2 Å². The quantitative estimate of drug-likeness (QED) is 0.384. The van der Waals surface area contributed by atoms with Crippen LogP contribution in [0.4, 0.5) is 5.69 Å². The zero-order chi connectivity index (χ0) is 21.1. The Morgan fingerprint density at radius 1 is 1.23 bits per heavy atom. The summed E-state index contributed by atoms with van der Waals surface area (Å²) in [5.74, 6) is 0.289. The summed E-state index contributed by atoms with van der Waals surface area (Å²) in [4.78, 5) is 14.5. The van der Waals surface area contributed by atoms with Gasteiger partial charge in [-0.2, -0.15) is 0 Å². The fraction of sp³-hybridized carbons (Fsp3) is 0.304. The van der Waals surface area contributed by atoms with Gasteiger partial charge in [-0.15, -0.1) is 11.3 Å². The lowest BCUT2D eigenvalue weighted by atomic mass is 9.90. The number of piperidine rings is 1. The lowest BCUT2D eigenvalue weighted by molar-refractivity contribution is 0.0606. The van der Waals surface area contributed by atoms with Crippen molar-refractivity contribution < 1.29 is 9.53 Å². The molecule has 1 N–H and O–H groups in total. The van der Waals surface area contributed by atoms with Gasteiger partial charge in [0.1, 0.15) is 4.88 Å². The Hall–Kier alpha value is -2.15. The molecule has 0 saturated carbocycles. The van der Waals surface area contributed by atoms with E-state index < -0.39 is 5.97 Å². The highest BCUT2D eigenvalue weighted by molar-refractivity contribution is 7.80. The van der Waals surface area contributed by atoms with E-state index in [9.17, 15) is 4.79 Å². The number of rotatable bonds is 4. The second-order valence-electron chi connectivity index (χ2n) is 7.50. The molecule has 0 radical (unpaired) electrons. The number of thiocarbonyl (C=S) groups is 1. The maximum Gasteiger partial charge on any atom is 0.349 e. The van der Waals surface area contributed by atoms with Gasteiger partial charge in [0.15, 0.2) is 5.11 Å². The van der Waals surface area contributed by atoms with Gasteiger partial charge >= 0.3 is 5.97 Å². The molecule has 7 heteroatoms. The zero-order valence-corrected chi connectivity index (χ0v) is 19.1. The Kier molecular flexibility index (Phi) is 6.56. The van der Waals surface area contributed by atoms with Crippen molar-refractivity contribution in [2.75, 3.05) is 25.5 Å². The molecule has 0 aliphatic carbocycles. The maximum absolute atomic E-state index is 11.9. The molecule has 1 aliphatic heterocycles. The first kappa shape index (κ1) is 21.1. The van der Waals surface area contributed by atoms with Gasteiger partial charge in [0.25, 0.3) is 0 Å². The van der Waals surface area contributed by atoms with Crippen LogP contribution in [0.5, 0.6) is 0 Å². The van der Waals surface area contributed by atoms with Gasteiger partial charge < -0.3 is 15.0 Å². The van der Waals surface area contributed by atoms with E-state index in [-0.39, 0.29) is 0 Å². The van der Waals surface area contributed by atoms with Gasteiger partial charge in [-0.1, -0.05) is 41.9 Å². The van der Waals surface area contributed by atoms with Crippen molar-refractivity contribution in [1.82, 2.24) is 4.90 Å². The van der Waals surface area contributed by atoms with Crippen molar-refractivity contribution >= 4 is 62.0 Å². The van der Waals surface area contributed by atoms with E-state index in [1.54, 1.807) is 0 Å². The van der Waals surface area contributed by atoms with E-state index in [4.69, 9.17) is 28.6 Å². The third kappa shape index (κ3) is 4.61. The van der Waals surface area contributed by atoms with Crippen LogP contribution in [0.15, 0.2) is 48.5 Å². The summed E-state index contributed by atoms with van der Waals surface area (Å²) in [6.07, 6.45) is 3.41. The first-order valence-electron chi connectivity index (χ1n) is 9.95. The van der Waals surface area contributed by atoms with Gasteiger partial charge in [0, 0.05) is 28.9 Å². The molecule has 0 amide bonds. The van der Waals surface area contributed by atoms with Crippen molar-refractivity contribution in [1.29, 1.82) is 0 Å². The van der Waals surface area contributed by atoms with Crippen LogP contribution in [0.1, 0.15) is 28.1 Å². The number of carbonyl (C=O) groups is 1. The van der Waals surface area contributed by atoms with Crippen molar-refractivity contribution in [3.63, 3.8) is 0 Å². The lowest BCUT2D eigenvalue weighted by Crippen LogP contribution is -2.41. The monoisotopic (exact) mass is 458 g/mol. The van der Waals surface area contributed by atoms with E-state index in [1.807, 2.05) is 18.2 Å². The summed E-state index contributed by atoms with van der Waals surface area (Å²) < 4.78 is 5.74. The average Bonchev–Trinajstić information content (AvgIpc) is 3.10. The van der Waals surface area contributed by atoms with Gasteiger partial charge in [-0.05, 0) is 61.2 Å². The summed E-state index contributed by atoms with van der Waals surface area (Å²) in [6, 6.07) is 16.5. The number of benzene rings is 2. The Morgan fingerprint density at radius 3 is 2.67 bits per heavy atom. The summed E-state index contributed by atoms with van der Waals surface area (Å²) >= 11 is 13.3. The first-order valence-corrected chi connectivity index (χ1v) is 11.6. The molecule has 156 valence electrons. The number of esters is 1. The third-order valence-corrected chi connectivity index (χ3v) is 7.52. The summed E-state index contributed by atoms with van der Waals surface area (Å²) in [6.45, 7) is 1.92. The van der Waals surface area contributed by atoms with E-state index in [2.05, 4.69) is 40.5 Å². The Balaban J connectivity index is 1.37. The number of nitrogens with zero attached hydrogens (tertiary/aromatic N) is 1. The second-order valence-corrected chi connectivity index (χ2v) is 9.31. The Morgan fingerprint density at radius 2 is 1.97 bits per heavy atom. The van der Waals surface area contributed by atoms with Crippen LogP contribution < -0.4 is 5.32 Å². The molecule has 4 nitrogen and oxygen atoms in total.